The first-order valence-corrected chi connectivity index (χ1v) is 8.95. The summed E-state index contributed by atoms with van der Waals surface area (Å²) in [4.78, 5) is 18.4. The molecule has 0 saturated carbocycles. The molecule has 6 nitrogen and oxygen atoms in total. The maximum absolute atomic E-state index is 11.8. The Morgan fingerprint density at radius 3 is 2.64 bits per heavy atom. The van der Waals surface area contributed by atoms with E-state index in [9.17, 15) is 4.79 Å². The molecule has 3 rings (SSSR count). The maximum atomic E-state index is 11.8. The van der Waals surface area contributed by atoms with Gasteiger partial charge in [-0.05, 0) is 56.7 Å². The van der Waals surface area contributed by atoms with Gasteiger partial charge in [-0.2, -0.15) is 4.98 Å². The van der Waals surface area contributed by atoms with E-state index < -0.39 is 0 Å². The van der Waals surface area contributed by atoms with Crippen LogP contribution in [0.3, 0.4) is 0 Å². The number of carbonyl (C=O) groups excluding carboxylic acids is 1. The van der Waals surface area contributed by atoms with E-state index in [1.54, 1.807) is 11.3 Å². The number of nitrogens with zero attached hydrogens (tertiary/aromatic N) is 2. The van der Waals surface area contributed by atoms with Gasteiger partial charge in [-0.15, -0.1) is 11.3 Å². The van der Waals surface area contributed by atoms with E-state index >= 15 is 0 Å². The lowest BCUT2D eigenvalue weighted by Gasteiger charge is -2.12. The summed E-state index contributed by atoms with van der Waals surface area (Å²) < 4.78 is 5.34. The summed E-state index contributed by atoms with van der Waals surface area (Å²) in [6, 6.07) is 11.3. The molecule has 2 N–H and O–H groups in total. The third kappa shape index (κ3) is 4.24. The molecule has 0 aliphatic rings. The van der Waals surface area contributed by atoms with Crippen LogP contribution in [0.5, 0.6) is 0 Å². The summed E-state index contributed by atoms with van der Waals surface area (Å²) in [7, 11) is 0. The normalized spacial score (nSPS) is 12.0. The van der Waals surface area contributed by atoms with Crippen LogP contribution in [0.2, 0.25) is 0 Å². The van der Waals surface area contributed by atoms with Crippen LogP contribution in [0.4, 0.5) is 10.5 Å². The van der Waals surface area contributed by atoms with Crippen LogP contribution in [0.25, 0.3) is 22.2 Å². The van der Waals surface area contributed by atoms with E-state index in [0.29, 0.717) is 17.4 Å². The van der Waals surface area contributed by atoms with Crippen molar-refractivity contribution in [1.29, 1.82) is 0 Å². The van der Waals surface area contributed by atoms with Gasteiger partial charge in [0.25, 0.3) is 5.89 Å². The highest BCUT2D eigenvalue weighted by molar-refractivity contribution is 7.15. The monoisotopic (exact) mass is 356 g/mol. The lowest BCUT2D eigenvalue weighted by molar-refractivity contribution is 0.249. The third-order valence-corrected chi connectivity index (χ3v) is 4.76. The van der Waals surface area contributed by atoms with Crippen LogP contribution in [0.1, 0.15) is 25.1 Å². The molecular formula is C18H20N4O2S. The predicted molar refractivity (Wildman–Crippen MR) is 99.7 cm³/mol. The minimum absolute atomic E-state index is 0.137. The number of aromatic nitrogens is 2. The Bertz CT molecular complexity index is 854. The third-order valence-electron chi connectivity index (χ3n) is 3.77. The fraction of sp³-hybridized carbons (Fsp3) is 0.278. The maximum Gasteiger partial charge on any atom is 0.319 e. The van der Waals surface area contributed by atoms with Gasteiger partial charge in [-0.25, -0.2) is 4.79 Å². The molecule has 2 amide bonds. The van der Waals surface area contributed by atoms with Gasteiger partial charge in [0.1, 0.15) is 0 Å². The van der Waals surface area contributed by atoms with Crippen LogP contribution in [0, 0.1) is 6.92 Å². The van der Waals surface area contributed by atoms with E-state index in [1.807, 2.05) is 57.2 Å². The molecule has 2 heterocycles. The largest absolute Gasteiger partial charge is 0.335 e. The second kappa shape index (κ2) is 7.48. The molecular weight excluding hydrogens is 336 g/mol. The Hall–Kier alpha value is -2.67. The van der Waals surface area contributed by atoms with Crippen molar-refractivity contribution in [3.63, 3.8) is 0 Å². The Kier molecular flexibility index (Phi) is 5.14. The van der Waals surface area contributed by atoms with Gasteiger partial charge in [-0.3, -0.25) is 0 Å². The minimum Gasteiger partial charge on any atom is -0.335 e. The molecule has 7 heteroatoms. The van der Waals surface area contributed by atoms with Crippen molar-refractivity contribution >= 4 is 23.1 Å². The fourth-order valence-corrected chi connectivity index (χ4v) is 2.98. The highest BCUT2D eigenvalue weighted by atomic mass is 32.1. The summed E-state index contributed by atoms with van der Waals surface area (Å²) in [6.45, 7) is 6.02. The summed E-state index contributed by atoms with van der Waals surface area (Å²) in [5.74, 6) is 1.04. The summed E-state index contributed by atoms with van der Waals surface area (Å²) in [5, 5.41) is 9.70. The number of hydrogen-bond donors (Lipinski definition) is 2. The number of amides is 2. The summed E-state index contributed by atoms with van der Waals surface area (Å²) in [5.41, 5.74) is 1.54. The Morgan fingerprint density at radius 2 is 2.00 bits per heavy atom. The van der Waals surface area contributed by atoms with Crippen LogP contribution in [-0.2, 0) is 0 Å². The molecule has 1 aromatic carbocycles. The van der Waals surface area contributed by atoms with E-state index in [0.717, 1.165) is 16.9 Å². The van der Waals surface area contributed by atoms with E-state index in [1.165, 1.54) is 4.88 Å². The number of thiophene rings is 1. The van der Waals surface area contributed by atoms with Crippen molar-refractivity contribution in [3.8, 4) is 22.2 Å². The number of rotatable bonds is 5. The SMILES string of the molecule is CC[C@@H](C)NC(=O)Nc1ccc(-c2noc(-c3ccc(C)s3)n2)cc1. The Balaban J connectivity index is 1.68. The summed E-state index contributed by atoms with van der Waals surface area (Å²) in [6.07, 6.45) is 0.885. The zero-order valence-corrected chi connectivity index (χ0v) is 15.2. The molecule has 0 fully saturated rings. The van der Waals surface area contributed by atoms with Gasteiger partial charge >= 0.3 is 6.03 Å². The number of carbonyl (C=O) groups is 1. The van der Waals surface area contributed by atoms with Crippen molar-refractivity contribution in [2.75, 3.05) is 5.32 Å². The number of urea groups is 1. The molecule has 130 valence electrons. The van der Waals surface area contributed by atoms with Crippen LogP contribution >= 0.6 is 11.3 Å². The number of anilines is 1. The fourth-order valence-electron chi connectivity index (χ4n) is 2.19. The standard InChI is InChI=1S/C18H20N4O2S/c1-4-11(2)19-18(23)20-14-8-6-13(7-9-14)16-21-17(24-22-16)15-10-5-12(3)25-15/h5-11H,4H2,1-3H3,(H2,19,20,23)/t11-/m1/s1. The minimum atomic E-state index is -0.211. The highest BCUT2D eigenvalue weighted by Gasteiger charge is 2.12. The lowest BCUT2D eigenvalue weighted by atomic mass is 10.2. The van der Waals surface area contributed by atoms with Crippen molar-refractivity contribution in [1.82, 2.24) is 15.5 Å². The molecule has 0 bridgehead atoms. The molecule has 0 radical (unpaired) electrons. The van der Waals surface area contributed by atoms with Gasteiger partial charge in [0.05, 0.1) is 4.88 Å². The van der Waals surface area contributed by atoms with Crippen molar-refractivity contribution in [3.05, 3.63) is 41.3 Å². The van der Waals surface area contributed by atoms with E-state index in [-0.39, 0.29) is 12.1 Å². The second-order valence-corrected chi connectivity index (χ2v) is 7.11. The van der Waals surface area contributed by atoms with Gasteiger partial charge in [0, 0.05) is 22.2 Å². The quantitative estimate of drug-likeness (QED) is 0.695. The zero-order chi connectivity index (χ0) is 17.8. The smallest absolute Gasteiger partial charge is 0.319 e. The van der Waals surface area contributed by atoms with Gasteiger partial charge < -0.3 is 15.2 Å². The average molecular weight is 356 g/mol. The molecule has 0 spiro atoms. The molecule has 1 atom stereocenters. The van der Waals surface area contributed by atoms with Crippen LogP contribution < -0.4 is 10.6 Å². The average Bonchev–Trinajstić information content (AvgIpc) is 3.24. The van der Waals surface area contributed by atoms with Gasteiger partial charge in [0.15, 0.2) is 0 Å². The van der Waals surface area contributed by atoms with Gasteiger partial charge in [0.2, 0.25) is 5.82 Å². The molecule has 25 heavy (non-hydrogen) atoms. The van der Waals surface area contributed by atoms with Crippen LogP contribution in [-0.4, -0.2) is 22.2 Å². The van der Waals surface area contributed by atoms with Crippen LogP contribution in [0.15, 0.2) is 40.9 Å². The second-order valence-electron chi connectivity index (χ2n) is 5.82. The Morgan fingerprint density at radius 1 is 1.24 bits per heavy atom. The molecule has 0 saturated heterocycles. The van der Waals surface area contributed by atoms with Gasteiger partial charge in [-0.1, -0.05) is 12.1 Å². The molecule has 0 unspecified atom stereocenters. The predicted octanol–water partition coefficient (Wildman–Crippen LogP) is 4.69. The highest BCUT2D eigenvalue weighted by Crippen LogP contribution is 2.28. The first-order valence-electron chi connectivity index (χ1n) is 8.13. The summed E-state index contributed by atoms with van der Waals surface area (Å²) >= 11 is 1.61. The Labute approximate surface area is 150 Å². The van der Waals surface area contributed by atoms with Crippen molar-refractivity contribution in [2.45, 2.75) is 33.2 Å². The lowest BCUT2D eigenvalue weighted by Crippen LogP contribution is -2.35. The molecule has 0 aliphatic heterocycles. The molecule has 3 aromatic rings. The number of hydrogen-bond acceptors (Lipinski definition) is 5. The topological polar surface area (TPSA) is 80.0 Å². The first-order chi connectivity index (χ1) is 12.0. The first kappa shape index (κ1) is 17.2. The number of benzene rings is 1. The molecule has 2 aromatic heterocycles. The molecule has 0 aliphatic carbocycles. The number of aryl methyl sites for hydroxylation is 1. The van der Waals surface area contributed by atoms with Crippen molar-refractivity contribution < 1.29 is 9.32 Å². The zero-order valence-electron chi connectivity index (χ0n) is 14.4. The van der Waals surface area contributed by atoms with E-state index in [4.69, 9.17) is 4.52 Å². The number of nitrogens with one attached hydrogen (secondary N) is 2. The van der Waals surface area contributed by atoms with Crippen molar-refractivity contribution in [2.24, 2.45) is 0 Å². The van der Waals surface area contributed by atoms with E-state index in [2.05, 4.69) is 20.8 Å².